The fourth-order valence-electron chi connectivity index (χ4n) is 4.84. The second kappa shape index (κ2) is 10.6. The van der Waals surface area contributed by atoms with Crippen molar-refractivity contribution in [3.8, 4) is 0 Å². The quantitative estimate of drug-likeness (QED) is 0.294. The van der Waals surface area contributed by atoms with Gasteiger partial charge < -0.3 is 15.7 Å². The molecule has 0 radical (unpaired) electrons. The molecule has 1 amide bonds. The predicted octanol–water partition coefficient (Wildman–Crippen LogP) is 3.09. The number of carbonyl (C=O) groups is 1. The number of halogens is 3. The average molecular weight is 493 g/mol. The minimum atomic E-state index is -4.49. The van der Waals surface area contributed by atoms with E-state index in [9.17, 15) is 23.1 Å². The lowest BCUT2D eigenvalue weighted by molar-refractivity contribution is -0.137. The molecule has 4 rings (SSSR count). The van der Waals surface area contributed by atoms with Crippen molar-refractivity contribution in [3.05, 3.63) is 40.5 Å². The normalized spacial score (nSPS) is 22.2. The summed E-state index contributed by atoms with van der Waals surface area (Å²) >= 11 is 0. The number of amides is 1. The van der Waals surface area contributed by atoms with Crippen LogP contribution >= 0.6 is 0 Å². The number of rotatable bonds is 8. The number of benzene rings is 1. The third-order valence-electron chi connectivity index (χ3n) is 6.79. The Hall–Kier alpha value is -3.15. The highest BCUT2D eigenvalue weighted by molar-refractivity contribution is 5.91. The zero-order chi connectivity index (χ0) is 25.0. The first-order valence-corrected chi connectivity index (χ1v) is 11.5. The van der Waals surface area contributed by atoms with Crippen molar-refractivity contribution in [3.63, 3.8) is 0 Å². The Kier molecular flexibility index (Phi) is 7.58. The summed E-state index contributed by atoms with van der Waals surface area (Å²) in [5.41, 5.74) is 7.94. The molecule has 1 aliphatic heterocycles. The lowest BCUT2D eigenvalue weighted by Crippen LogP contribution is -2.63. The van der Waals surface area contributed by atoms with Gasteiger partial charge in [0.15, 0.2) is 0 Å². The Labute approximate surface area is 199 Å². The Morgan fingerprint density at radius 3 is 2.69 bits per heavy atom. The first-order chi connectivity index (χ1) is 16.7. The van der Waals surface area contributed by atoms with Crippen LogP contribution in [0.4, 0.5) is 19.0 Å². The molecular weight excluding hydrogens is 465 g/mol. The maximum Gasteiger partial charge on any atom is 0.416 e. The monoisotopic (exact) mass is 492 g/mol. The summed E-state index contributed by atoms with van der Waals surface area (Å²) < 4.78 is 39.2. The van der Waals surface area contributed by atoms with E-state index < -0.39 is 17.8 Å². The molecular formula is C22H27F3N8O2. The standard InChI is InChI=1S/C22H27F3N8O2/c23-22(24,25)14-3-6-18-17(7-14)21(29-12-28-18)27-9-20(35)31-15-10-33(11-15)16-4-1-13(2-5-16)19(34)8-30-32-26/h3,6-7,12-13,15-16,19,34H,1-2,4-5,8-11H2,(H,31,35)(H,27,28,29). The number of azide groups is 1. The van der Waals surface area contributed by atoms with Gasteiger partial charge in [-0.2, -0.15) is 13.2 Å². The van der Waals surface area contributed by atoms with Crippen LogP contribution in [0.15, 0.2) is 29.6 Å². The van der Waals surface area contributed by atoms with Gasteiger partial charge in [0.1, 0.15) is 12.1 Å². The smallest absolute Gasteiger partial charge is 0.393 e. The molecule has 2 aromatic rings. The molecule has 2 fully saturated rings. The molecule has 1 saturated heterocycles. The van der Waals surface area contributed by atoms with Crippen LogP contribution < -0.4 is 10.6 Å². The first-order valence-electron chi connectivity index (χ1n) is 11.5. The van der Waals surface area contributed by atoms with Crippen LogP contribution in [0.25, 0.3) is 21.3 Å². The van der Waals surface area contributed by atoms with Gasteiger partial charge in [0.25, 0.3) is 0 Å². The molecule has 13 heteroatoms. The number of alkyl halides is 3. The highest BCUT2D eigenvalue weighted by Crippen LogP contribution is 2.33. The molecule has 10 nitrogen and oxygen atoms in total. The summed E-state index contributed by atoms with van der Waals surface area (Å²) in [7, 11) is 0. The van der Waals surface area contributed by atoms with Crippen molar-refractivity contribution in [1.29, 1.82) is 0 Å². The number of fused-ring (bicyclic) bond motifs is 1. The van der Waals surface area contributed by atoms with Gasteiger partial charge in [-0.05, 0) is 55.3 Å². The SMILES string of the molecule is [N-]=[N+]=NCC(O)C1CCC(N2CC(NC(=O)CNc3ncnc4ccc(C(F)(F)F)cc34)C2)CC1. The van der Waals surface area contributed by atoms with Gasteiger partial charge in [-0.25, -0.2) is 9.97 Å². The summed E-state index contributed by atoms with van der Waals surface area (Å²) in [6, 6.07) is 3.63. The van der Waals surface area contributed by atoms with Gasteiger partial charge in [0.2, 0.25) is 5.91 Å². The zero-order valence-electron chi connectivity index (χ0n) is 18.9. The molecule has 1 atom stereocenters. The molecule has 1 unspecified atom stereocenters. The van der Waals surface area contributed by atoms with E-state index in [0.29, 0.717) is 11.6 Å². The Morgan fingerprint density at radius 1 is 1.26 bits per heavy atom. The van der Waals surface area contributed by atoms with Crippen LogP contribution in [-0.2, 0) is 11.0 Å². The number of nitrogens with one attached hydrogen (secondary N) is 2. The predicted molar refractivity (Wildman–Crippen MR) is 122 cm³/mol. The number of carbonyl (C=O) groups excluding carboxylic acids is 1. The number of aliphatic hydroxyl groups is 1. The molecule has 0 bridgehead atoms. The molecule has 1 aromatic carbocycles. The van der Waals surface area contributed by atoms with E-state index in [4.69, 9.17) is 5.53 Å². The number of nitrogens with zero attached hydrogens (tertiary/aromatic N) is 6. The van der Waals surface area contributed by atoms with E-state index in [2.05, 4.69) is 35.5 Å². The van der Waals surface area contributed by atoms with Crippen molar-refractivity contribution in [1.82, 2.24) is 20.2 Å². The average Bonchev–Trinajstić information content (AvgIpc) is 2.82. The Morgan fingerprint density at radius 2 is 2.00 bits per heavy atom. The van der Waals surface area contributed by atoms with Gasteiger partial charge in [-0.15, -0.1) is 0 Å². The topological polar surface area (TPSA) is 139 Å². The number of hydrogen-bond acceptors (Lipinski definition) is 7. The van der Waals surface area contributed by atoms with Gasteiger partial charge in [0, 0.05) is 29.4 Å². The summed E-state index contributed by atoms with van der Waals surface area (Å²) in [5, 5.41) is 19.5. The van der Waals surface area contributed by atoms with Crippen molar-refractivity contribution >= 4 is 22.6 Å². The lowest BCUT2D eigenvalue weighted by Gasteiger charge is -2.47. The minimum Gasteiger partial charge on any atom is -0.393 e. The number of aromatic nitrogens is 2. The van der Waals surface area contributed by atoms with E-state index >= 15 is 0 Å². The van der Waals surface area contributed by atoms with Gasteiger partial charge >= 0.3 is 6.18 Å². The van der Waals surface area contributed by atoms with Gasteiger partial charge in [-0.3, -0.25) is 9.69 Å². The van der Waals surface area contributed by atoms with E-state index in [0.717, 1.165) is 50.9 Å². The van der Waals surface area contributed by atoms with Gasteiger partial charge in [-0.1, -0.05) is 5.11 Å². The van der Waals surface area contributed by atoms with Crippen molar-refractivity contribution in [2.75, 3.05) is 31.5 Å². The molecule has 1 aromatic heterocycles. The summed E-state index contributed by atoms with van der Waals surface area (Å²) in [5.74, 6) is 0.0499. The van der Waals surface area contributed by atoms with Crippen molar-refractivity contribution < 1.29 is 23.1 Å². The number of hydrogen-bond donors (Lipinski definition) is 3. The molecule has 188 valence electrons. The van der Waals surface area contributed by atoms with Crippen LogP contribution in [0.5, 0.6) is 0 Å². The van der Waals surface area contributed by atoms with E-state index in [1.165, 1.54) is 12.4 Å². The molecule has 35 heavy (non-hydrogen) atoms. The third kappa shape index (κ3) is 6.11. The Bertz CT molecular complexity index is 1090. The van der Waals surface area contributed by atoms with E-state index in [1.807, 2.05) is 0 Å². The van der Waals surface area contributed by atoms with Crippen molar-refractivity contribution in [2.24, 2.45) is 11.0 Å². The number of anilines is 1. The third-order valence-corrected chi connectivity index (χ3v) is 6.79. The molecule has 3 N–H and O–H groups in total. The van der Waals surface area contributed by atoms with Crippen LogP contribution in [-0.4, -0.2) is 70.2 Å². The summed E-state index contributed by atoms with van der Waals surface area (Å²) in [6.45, 7) is 1.44. The molecule has 0 spiro atoms. The molecule has 1 saturated carbocycles. The second-order valence-corrected chi connectivity index (χ2v) is 9.07. The number of aliphatic hydroxyl groups excluding tert-OH is 1. The molecule has 1 aliphatic carbocycles. The minimum absolute atomic E-state index is 0.0107. The van der Waals surface area contributed by atoms with Crippen LogP contribution in [0.2, 0.25) is 0 Å². The highest BCUT2D eigenvalue weighted by atomic mass is 19.4. The maximum absolute atomic E-state index is 13.1. The zero-order valence-corrected chi connectivity index (χ0v) is 18.9. The number of likely N-dealkylation sites (tertiary alicyclic amines) is 1. The van der Waals surface area contributed by atoms with E-state index in [-0.39, 0.29) is 42.2 Å². The fraction of sp³-hybridized carbons (Fsp3) is 0.591. The van der Waals surface area contributed by atoms with Gasteiger partial charge in [0.05, 0.1) is 36.3 Å². The molecule has 2 aliphatic rings. The van der Waals surface area contributed by atoms with Crippen molar-refractivity contribution in [2.45, 2.75) is 50.0 Å². The van der Waals surface area contributed by atoms with Crippen LogP contribution in [0.3, 0.4) is 0 Å². The highest BCUT2D eigenvalue weighted by Gasteiger charge is 2.36. The largest absolute Gasteiger partial charge is 0.416 e. The maximum atomic E-state index is 13.1. The summed E-state index contributed by atoms with van der Waals surface area (Å²) in [6.07, 6.45) is -0.221. The first kappa shape index (κ1) is 25.0. The summed E-state index contributed by atoms with van der Waals surface area (Å²) in [4.78, 5) is 25.4. The second-order valence-electron chi connectivity index (χ2n) is 9.07. The fourth-order valence-corrected chi connectivity index (χ4v) is 4.84. The Balaban J connectivity index is 1.22. The lowest BCUT2D eigenvalue weighted by atomic mass is 9.81. The molecule has 2 heterocycles. The van der Waals surface area contributed by atoms with E-state index in [1.54, 1.807) is 0 Å². The van der Waals surface area contributed by atoms with Crippen LogP contribution in [0, 0.1) is 5.92 Å². The van der Waals surface area contributed by atoms with Crippen LogP contribution in [0.1, 0.15) is 31.2 Å².